The van der Waals surface area contributed by atoms with Gasteiger partial charge in [0, 0.05) is 42.1 Å². The summed E-state index contributed by atoms with van der Waals surface area (Å²) in [6.07, 6.45) is 6.19. The second kappa shape index (κ2) is 19.2. The van der Waals surface area contributed by atoms with Crippen molar-refractivity contribution in [1.29, 1.82) is 0 Å². The fraction of sp³-hybridized carbons (Fsp3) is 0.638. The molecular weight excluding hydrogens is 843 g/mol. The summed E-state index contributed by atoms with van der Waals surface area (Å²) in [4.78, 5) is 89.0. The molecule has 0 radical (unpaired) electrons. The van der Waals surface area contributed by atoms with Crippen LogP contribution in [-0.2, 0) is 54.2 Å². The smallest absolute Gasteiger partial charge is 0.303 e. The molecule has 354 valence electrons. The van der Waals surface area contributed by atoms with Gasteiger partial charge in [0.05, 0.1) is 37.5 Å². The van der Waals surface area contributed by atoms with E-state index in [1.54, 1.807) is 12.2 Å². The van der Waals surface area contributed by atoms with Gasteiger partial charge in [-0.2, -0.15) is 0 Å². The number of aliphatic carboxylic acids is 1. The number of nitrogens with two attached hydrogens (primary N) is 1. The predicted octanol–water partition coefficient (Wildman–Crippen LogP) is 0.817. The highest BCUT2D eigenvalue weighted by atomic mass is 16.7. The highest BCUT2D eigenvalue weighted by molar-refractivity contribution is 6.01. The van der Waals surface area contributed by atoms with Crippen LogP contribution in [0.1, 0.15) is 96.0 Å². The number of hydrogen-bond acceptors (Lipinski definition) is 13. The van der Waals surface area contributed by atoms with Gasteiger partial charge in [-0.05, 0) is 87.5 Å². The van der Waals surface area contributed by atoms with E-state index in [2.05, 4.69) is 28.2 Å². The molecule has 0 spiro atoms. The van der Waals surface area contributed by atoms with Crippen LogP contribution in [0.15, 0.2) is 48.1 Å². The van der Waals surface area contributed by atoms with Crippen molar-refractivity contribution in [3.8, 4) is 0 Å². The van der Waals surface area contributed by atoms with Gasteiger partial charge >= 0.3 is 5.97 Å². The zero-order valence-electron chi connectivity index (χ0n) is 37.3. The molecule has 0 bridgehead atoms. The number of carboxylic acid groups (broad SMARTS) is 1. The second-order valence-corrected chi connectivity index (χ2v) is 19.3. The van der Waals surface area contributed by atoms with Crippen molar-refractivity contribution >= 4 is 41.2 Å². The zero-order chi connectivity index (χ0) is 46.9. The highest BCUT2D eigenvalue weighted by Crippen LogP contribution is 2.70. The number of hydrogen-bond donors (Lipinski definition) is 8. The molecule has 0 aromatic heterocycles. The van der Waals surface area contributed by atoms with E-state index < -0.39 is 108 Å². The van der Waals surface area contributed by atoms with Crippen LogP contribution in [-0.4, -0.2) is 125 Å². The normalized spacial score (nSPS) is 32.5. The summed E-state index contributed by atoms with van der Waals surface area (Å²) < 4.78 is 18.9. The fourth-order valence-electron chi connectivity index (χ4n) is 12.0. The number of benzene rings is 1. The number of allylic oxidation sites excluding steroid dienone is 4. The number of ketones is 2. The van der Waals surface area contributed by atoms with Gasteiger partial charge in [0.15, 0.2) is 23.5 Å². The molecule has 2 heterocycles. The first kappa shape index (κ1) is 48.1. The molecule has 1 aromatic carbocycles. The molecule has 3 saturated carbocycles. The minimum atomic E-state index is -1.51. The molecule has 4 aliphatic carbocycles. The maximum Gasteiger partial charge on any atom is 0.303 e. The van der Waals surface area contributed by atoms with Gasteiger partial charge in [0.1, 0.15) is 18.7 Å². The second-order valence-electron chi connectivity index (χ2n) is 19.3. The van der Waals surface area contributed by atoms with Crippen LogP contribution < -0.4 is 27.0 Å². The number of Topliss-reactive ketones (excluding diaryl/α,β-unsaturated/α-hetero) is 1. The fourth-order valence-corrected chi connectivity index (χ4v) is 12.0. The molecule has 65 heavy (non-hydrogen) atoms. The molecule has 7 rings (SSSR count). The number of fused-ring (bicyclic) bond motifs is 7. The third-order valence-corrected chi connectivity index (χ3v) is 15.1. The average Bonchev–Trinajstić information content (AvgIpc) is 3.75. The van der Waals surface area contributed by atoms with Gasteiger partial charge in [0.2, 0.25) is 23.6 Å². The van der Waals surface area contributed by atoms with Crippen LogP contribution in [0, 0.1) is 28.6 Å². The average molecular weight is 906 g/mol. The Labute approximate surface area is 377 Å². The van der Waals surface area contributed by atoms with E-state index in [-0.39, 0.29) is 49.6 Å². The number of aliphatic hydroxyl groups excluding tert-OH is 2. The first-order chi connectivity index (χ1) is 30.9. The molecule has 2 aliphatic heterocycles. The van der Waals surface area contributed by atoms with Crippen LogP contribution in [0.3, 0.4) is 0 Å². The molecule has 18 nitrogen and oxygen atoms in total. The number of aliphatic hydroxyl groups is 2. The lowest BCUT2D eigenvalue weighted by atomic mass is 9.46. The first-order valence-corrected chi connectivity index (χ1v) is 22.7. The largest absolute Gasteiger partial charge is 0.481 e. The number of amides is 4. The van der Waals surface area contributed by atoms with Gasteiger partial charge in [0.25, 0.3) is 0 Å². The highest BCUT2D eigenvalue weighted by Gasteiger charge is 2.76. The standard InChI is InChI=1S/C47H63N5O13/c1-26(54)50-33(6-4-5-17-48)41(61)49-22-38(58)51-34(13-14-39(59)60)42(62)52-46(24-63-25-46)20-27-7-9-28(10-8-27)43-64-37-19-32-31-12-11-29-18-30(55)15-16-44(29,2)40(31)35(56)21-45(32,3)47(37,65-43)36(57)23-53/h7-10,15-16,18,31-35,37,40,43,53,56H,4-6,11-14,17,19-25,48H2,1-3H3,(H,49,61)(H,50,54)(H,51,58)(H,52,62)(H,59,60)/t31-,32-,33-,34-,35-,37+,40+,43+,44-,45-,47+/m0/s1. The monoisotopic (exact) mass is 905 g/mol. The summed E-state index contributed by atoms with van der Waals surface area (Å²) in [6.45, 7) is 4.77. The Morgan fingerprint density at radius 3 is 2.35 bits per heavy atom. The van der Waals surface area contributed by atoms with Crippen LogP contribution in [0.25, 0.3) is 0 Å². The molecule has 1 aromatic rings. The Morgan fingerprint density at radius 2 is 1.71 bits per heavy atom. The van der Waals surface area contributed by atoms with E-state index >= 15 is 0 Å². The van der Waals surface area contributed by atoms with Crippen molar-refractivity contribution < 1.29 is 63.1 Å². The number of unbranched alkanes of at least 4 members (excludes halogenated alkanes) is 1. The molecule has 5 fully saturated rings. The third-order valence-electron chi connectivity index (χ3n) is 15.1. The molecule has 4 amide bonds. The molecule has 0 unspecified atom stereocenters. The van der Waals surface area contributed by atoms with Crippen molar-refractivity contribution in [2.75, 3.05) is 32.9 Å². The topological polar surface area (TPSA) is 282 Å². The molecular formula is C47H63N5O13. The minimum absolute atomic E-state index is 0.0225. The SMILES string of the molecule is CC(=O)N[C@@H](CCCCN)C(=O)NCC(=O)N[C@@H](CCC(=O)O)C(=O)NC1(Cc2ccc([C@@H]3O[C@@H]4C[C@H]5[C@@H]6CCC7=CC(=O)C=C[C@]7(C)[C@H]6[C@@H](O)C[C@]5(C)[C@]4(C(=O)CO)O3)cc2)COC1. The molecule has 11 atom stereocenters. The first-order valence-electron chi connectivity index (χ1n) is 22.7. The lowest BCUT2D eigenvalue weighted by Crippen LogP contribution is -2.66. The summed E-state index contributed by atoms with van der Waals surface area (Å²) in [5, 5.41) is 42.3. The van der Waals surface area contributed by atoms with Gasteiger partial charge in [-0.1, -0.05) is 49.8 Å². The Bertz CT molecular complexity index is 2110. The maximum absolute atomic E-state index is 14.0. The molecule has 6 aliphatic rings. The Hall–Kier alpha value is -4.85. The number of nitrogens with one attached hydrogen (secondary N) is 4. The van der Waals surface area contributed by atoms with Crippen LogP contribution >= 0.6 is 0 Å². The maximum atomic E-state index is 14.0. The number of carbonyl (C=O) groups excluding carboxylic acids is 6. The number of carboxylic acids is 1. The summed E-state index contributed by atoms with van der Waals surface area (Å²) >= 11 is 0. The Kier molecular flexibility index (Phi) is 14.2. The Balaban J connectivity index is 1.000. The lowest BCUT2D eigenvalue weighted by Gasteiger charge is -2.59. The van der Waals surface area contributed by atoms with E-state index in [9.17, 15) is 48.9 Å². The quantitative estimate of drug-likeness (QED) is 0.0893. The van der Waals surface area contributed by atoms with Gasteiger partial charge < -0.3 is 56.5 Å². The van der Waals surface area contributed by atoms with Gasteiger partial charge in [-0.25, -0.2) is 0 Å². The van der Waals surface area contributed by atoms with Crippen LogP contribution in [0.2, 0.25) is 0 Å². The van der Waals surface area contributed by atoms with E-state index in [0.29, 0.717) is 50.6 Å². The Morgan fingerprint density at radius 1 is 0.985 bits per heavy atom. The molecule has 9 N–H and O–H groups in total. The zero-order valence-corrected chi connectivity index (χ0v) is 37.3. The van der Waals surface area contributed by atoms with E-state index in [1.165, 1.54) is 6.92 Å². The van der Waals surface area contributed by atoms with Crippen LogP contribution in [0.4, 0.5) is 0 Å². The van der Waals surface area contributed by atoms with Crippen molar-refractivity contribution in [1.82, 2.24) is 21.3 Å². The summed E-state index contributed by atoms with van der Waals surface area (Å²) in [7, 11) is 0. The van der Waals surface area contributed by atoms with Gasteiger partial charge in [-0.15, -0.1) is 0 Å². The van der Waals surface area contributed by atoms with Crippen molar-refractivity contribution in [3.05, 3.63) is 59.2 Å². The van der Waals surface area contributed by atoms with E-state index in [4.69, 9.17) is 19.9 Å². The lowest BCUT2D eigenvalue weighted by molar-refractivity contribution is -0.201. The van der Waals surface area contributed by atoms with E-state index in [1.807, 2.05) is 37.3 Å². The number of carbonyl (C=O) groups is 7. The van der Waals surface area contributed by atoms with Crippen molar-refractivity contribution in [3.63, 3.8) is 0 Å². The van der Waals surface area contributed by atoms with Crippen molar-refractivity contribution in [2.24, 2.45) is 34.3 Å². The van der Waals surface area contributed by atoms with E-state index in [0.717, 1.165) is 17.6 Å². The minimum Gasteiger partial charge on any atom is -0.481 e. The van der Waals surface area contributed by atoms with Crippen molar-refractivity contribution in [2.45, 2.75) is 127 Å². The number of ether oxygens (including phenoxy) is 3. The molecule has 18 heteroatoms. The summed E-state index contributed by atoms with van der Waals surface area (Å²) in [6, 6.07) is 5.17. The summed E-state index contributed by atoms with van der Waals surface area (Å²) in [5.74, 6) is -4.26. The third kappa shape index (κ3) is 9.30. The summed E-state index contributed by atoms with van der Waals surface area (Å²) in [5.41, 5.74) is 4.26. The molecule has 2 saturated heterocycles. The predicted molar refractivity (Wildman–Crippen MR) is 231 cm³/mol. The van der Waals surface area contributed by atoms with Gasteiger partial charge in [-0.3, -0.25) is 33.6 Å². The number of rotatable bonds is 19. The van der Waals surface area contributed by atoms with Crippen LogP contribution in [0.5, 0.6) is 0 Å².